The third-order valence-electron chi connectivity index (χ3n) is 6.35. The molecule has 1 aliphatic heterocycles. The van der Waals surface area contributed by atoms with E-state index < -0.39 is 11.8 Å². The lowest BCUT2D eigenvalue weighted by Crippen LogP contribution is -2.50. The fourth-order valence-electron chi connectivity index (χ4n) is 5.29. The molecule has 1 aromatic carbocycles. The van der Waals surface area contributed by atoms with Gasteiger partial charge in [0.25, 0.3) is 0 Å². The molecule has 4 nitrogen and oxygen atoms in total. The average Bonchev–Trinajstić information content (AvgIpc) is 2.52. The van der Waals surface area contributed by atoms with Gasteiger partial charge in [0.05, 0.1) is 10.9 Å². The van der Waals surface area contributed by atoms with E-state index in [1.165, 1.54) is 0 Å². The van der Waals surface area contributed by atoms with Crippen LogP contribution in [0.2, 0.25) is 5.02 Å². The van der Waals surface area contributed by atoms with E-state index in [2.05, 4.69) is 13.8 Å². The van der Waals surface area contributed by atoms with Gasteiger partial charge in [0, 0.05) is 36.3 Å². The van der Waals surface area contributed by atoms with Crippen LogP contribution in [0.3, 0.4) is 0 Å². The summed E-state index contributed by atoms with van der Waals surface area (Å²) >= 11 is 6.43. The molecule has 4 rings (SSSR count). The zero-order valence-corrected chi connectivity index (χ0v) is 17.6. The molecule has 3 atom stereocenters. The lowest BCUT2D eigenvalue weighted by molar-refractivity contribution is -0.135. The molecule has 0 amide bonds. The number of Topliss-reactive ketones (excluding diaryl/α,β-unsaturated/α-hetero) is 2. The van der Waals surface area contributed by atoms with Gasteiger partial charge in [-0.15, -0.1) is 0 Å². The van der Waals surface area contributed by atoms with E-state index in [9.17, 15) is 14.7 Å². The van der Waals surface area contributed by atoms with Gasteiger partial charge in [0.15, 0.2) is 5.78 Å². The number of benzene rings is 1. The number of fused-ring (bicyclic) bond motifs is 2. The molecular formula is C23H27ClO4. The Balaban J connectivity index is 1.90. The molecule has 0 bridgehead atoms. The first-order chi connectivity index (χ1) is 13.0. The number of rotatable bonds is 1. The Morgan fingerprint density at radius 1 is 1.07 bits per heavy atom. The summed E-state index contributed by atoms with van der Waals surface area (Å²) < 4.78 is 6.24. The number of carbonyl (C=O) groups excluding carboxylic acids is 2. The van der Waals surface area contributed by atoms with Gasteiger partial charge in [0.2, 0.25) is 0 Å². The van der Waals surface area contributed by atoms with E-state index in [4.69, 9.17) is 16.3 Å². The highest BCUT2D eigenvalue weighted by atomic mass is 35.5. The van der Waals surface area contributed by atoms with Crippen LogP contribution in [0.4, 0.5) is 0 Å². The van der Waals surface area contributed by atoms with Crippen LogP contribution in [0.15, 0.2) is 29.5 Å². The van der Waals surface area contributed by atoms with Crippen molar-refractivity contribution in [1.29, 1.82) is 0 Å². The van der Waals surface area contributed by atoms with Crippen LogP contribution in [-0.2, 0) is 9.59 Å². The van der Waals surface area contributed by atoms with Crippen molar-refractivity contribution in [2.75, 3.05) is 0 Å². The zero-order chi connectivity index (χ0) is 20.4. The molecular weight excluding hydrogens is 376 g/mol. The molecule has 1 fully saturated rings. The smallest absolute Gasteiger partial charge is 0.163 e. The number of allylic oxidation sites excluding steroid dienone is 2. The molecule has 2 aliphatic carbocycles. The first-order valence-electron chi connectivity index (χ1n) is 9.92. The molecule has 0 saturated heterocycles. The van der Waals surface area contributed by atoms with Crippen molar-refractivity contribution in [1.82, 2.24) is 0 Å². The molecule has 0 aromatic heterocycles. The van der Waals surface area contributed by atoms with Crippen LogP contribution in [0.5, 0.6) is 5.75 Å². The quantitative estimate of drug-likeness (QED) is 0.683. The molecule has 5 heteroatoms. The van der Waals surface area contributed by atoms with Crippen LogP contribution in [0.25, 0.3) is 0 Å². The lowest BCUT2D eigenvalue weighted by atomic mass is 9.61. The van der Waals surface area contributed by atoms with E-state index in [1.807, 2.05) is 26.0 Å². The topological polar surface area (TPSA) is 63.6 Å². The maximum Gasteiger partial charge on any atom is 0.163 e. The average molecular weight is 403 g/mol. The Morgan fingerprint density at radius 3 is 2.46 bits per heavy atom. The highest BCUT2D eigenvalue weighted by molar-refractivity contribution is 6.32. The van der Waals surface area contributed by atoms with Gasteiger partial charge in [-0.3, -0.25) is 9.59 Å². The minimum atomic E-state index is -0.500. The minimum Gasteiger partial charge on any atom is -0.512 e. The molecule has 28 heavy (non-hydrogen) atoms. The van der Waals surface area contributed by atoms with E-state index >= 15 is 0 Å². The molecule has 0 unspecified atom stereocenters. The maximum absolute atomic E-state index is 13.2. The van der Waals surface area contributed by atoms with Gasteiger partial charge in [-0.2, -0.15) is 0 Å². The Kier molecular flexibility index (Phi) is 4.42. The van der Waals surface area contributed by atoms with Gasteiger partial charge in [-0.05, 0) is 23.3 Å². The van der Waals surface area contributed by atoms with Crippen LogP contribution in [0.1, 0.15) is 64.9 Å². The van der Waals surface area contributed by atoms with Gasteiger partial charge in [-0.25, -0.2) is 0 Å². The summed E-state index contributed by atoms with van der Waals surface area (Å²) in [6.45, 7) is 8.08. The van der Waals surface area contributed by atoms with Crippen molar-refractivity contribution in [3.8, 4) is 5.75 Å². The zero-order valence-electron chi connectivity index (χ0n) is 16.8. The summed E-state index contributed by atoms with van der Waals surface area (Å²) in [7, 11) is 0. The third kappa shape index (κ3) is 3.16. The second-order valence-corrected chi connectivity index (χ2v) is 10.5. The van der Waals surface area contributed by atoms with E-state index in [0.29, 0.717) is 42.0 Å². The highest BCUT2D eigenvalue weighted by Gasteiger charge is 2.53. The Hall–Kier alpha value is -1.81. The first kappa shape index (κ1) is 19.5. The summed E-state index contributed by atoms with van der Waals surface area (Å²) in [5.74, 6) is -0.312. The van der Waals surface area contributed by atoms with E-state index in [0.717, 1.165) is 5.56 Å². The number of hydrogen-bond acceptors (Lipinski definition) is 4. The maximum atomic E-state index is 13.2. The number of ketones is 2. The predicted molar refractivity (Wildman–Crippen MR) is 108 cm³/mol. The van der Waals surface area contributed by atoms with Crippen LogP contribution in [0, 0.1) is 16.7 Å². The van der Waals surface area contributed by atoms with Crippen LogP contribution in [-0.4, -0.2) is 22.8 Å². The van der Waals surface area contributed by atoms with Crippen molar-refractivity contribution in [2.24, 2.45) is 16.7 Å². The number of hydrogen-bond donors (Lipinski definition) is 1. The lowest BCUT2D eigenvalue weighted by Gasteiger charge is -2.47. The molecule has 1 aromatic rings. The van der Waals surface area contributed by atoms with Crippen molar-refractivity contribution >= 4 is 23.2 Å². The molecule has 0 spiro atoms. The molecule has 1 saturated carbocycles. The first-order valence-corrected chi connectivity index (χ1v) is 10.3. The second kappa shape index (κ2) is 6.35. The fourth-order valence-corrected chi connectivity index (χ4v) is 5.51. The molecule has 1 heterocycles. The number of halogens is 1. The number of ether oxygens (including phenoxy) is 1. The summed E-state index contributed by atoms with van der Waals surface area (Å²) in [6, 6.07) is 5.43. The van der Waals surface area contributed by atoms with Crippen LogP contribution < -0.4 is 4.74 Å². The predicted octanol–water partition coefficient (Wildman–Crippen LogP) is 5.39. The largest absolute Gasteiger partial charge is 0.512 e. The normalized spacial score (nSPS) is 31.1. The Labute approximate surface area is 170 Å². The molecule has 1 N–H and O–H groups in total. The number of aliphatic hydroxyl groups excluding tert-OH is 1. The van der Waals surface area contributed by atoms with Crippen molar-refractivity contribution in [3.63, 3.8) is 0 Å². The fraction of sp³-hybridized carbons (Fsp3) is 0.565. The van der Waals surface area contributed by atoms with Gasteiger partial charge in [-0.1, -0.05) is 51.4 Å². The third-order valence-corrected chi connectivity index (χ3v) is 6.64. The number of aliphatic hydroxyl groups is 1. The van der Waals surface area contributed by atoms with E-state index in [1.54, 1.807) is 6.07 Å². The number of para-hydroxylation sites is 1. The monoisotopic (exact) mass is 402 g/mol. The summed E-state index contributed by atoms with van der Waals surface area (Å²) in [5.41, 5.74) is 0.659. The Bertz CT molecular complexity index is 896. The van der Waals surface area contributed by atoms with Gasteiger partial charge < -0.3 is 9.84 Å². The standard InChI is InChI=1S/C23H27ClO4/c1-22(2)8-14(25)19(15(26)9-22)18-12-6-5-7-13(24)21(12)28-17-11-23(3,4)10-16(27)20(17)18/h5-7,17-18,20,25H,8-11H2,1-4H3/t17-,18-,20+/m0/s1. The van der Waals surface area contributed by atoms with Crippen LogP contribution >= 0.6 is 11.6 Å². The molecule has 0 radical (unpaired) electrons. The summed E-state index contributed by atoms with van der Waals surface area (Å²) in [5, 5.41) is 11.3. The summed E-state index contributed by atoms with van der Waals surface area (Å²) in [4.78, 5) is 26.3. The number of carbonyl (C=O) groups is 2. The molecule has 150 valence electrons. The van der Waals surface area contributed by atoms with Crippen molar-refractivity contribution < 1.29 is 19.4 Å². The van der Waals surface area contributed by atoms with Crippen molar-refractivity contribution in [3.05, 3.63) is 40.1 Å². The van der Waals surface area contributed by atoms with Gasteiger partial charge >= 0.3 is 0 Å². The molecule has 3 aliphatic rings. The second-order valence-electron chi connectivity index (χ2n) is 10.1. The summed E-state index contributed by atoms with van der Waals surface area (Å²) in [6.07, 6.45) is 1.59. The van der Waals surface area contributed by atoms with Gasteiger partial charge in [0.1, 0.15) is 23.4 Å². The van der Waals surface area contributed by atoms with E-state index in [-0.39, 0.29) is 34.3 Å². The minimum absolute atomic E-state index is 0.0806. The highest BCUT2D eigenvalue weighted by Crippen LogP contribution is 2.54. The Morgan fingerprint density at radius 2 is 1.79 bits per heavy atom. The van der Waals surface area contributed by atoms with Crippen molar-refractivity contribution in [2.45, 2.75) is 65.4 Å². The SMILES string of the molecule is CC1(C)CC(=O)C([C@@H]2c3cccc(Cl)c3O[C@H]3CC(C)(C)CC(=O)[C@H]32)=C(O)C1.